The van der Waals surface area contributed by atoms with Gasteiger partial charge in [-0.2, -0.15) is 14.7 Å². The van der Waals surface area contributed by atoms with Crippen LogP contribution in [0.1, 0.15) is 0 Å². The Hall–Kier alpha value is -1.36. The molecular formula is C5H3ClN4O. The summed E-state index contributed by atoms with van der Waals surface area (Å²) in [5.74, 6) is 0. The monoisotopic (exact) mass is 170 g/mol. The van der Waals surface area contributed by atoms with Gasteiger partial charge in [0, 0.05) is 6.07 Å². The zero-order valence-electron chi connectivity index (χ0n) is 5.28. The lowest BCUT2D eigenvalue weighted by atomic mass is 10.6. The van der Waals surface area contributed by atoms with Crippen molar-refractivity contribution in [1.82, 2.24) is 19.8 Å². The average molecular weight is 171 g/mol. The first-order chi connectivity index (χ1) is 5.27. The van der Waals surface area contributed by atoms with Gasteiger partial charge in [0.05, 0.1) is 11.2 Å². The van der Waals surface area contributed by atoms with Gasteiger partial charge in [0.15, 0.2) is 5.65 Å². The molecule has 0 saturated carbocycles. The average Bonchev–Trinajstić information content (AvgIpc) is 2.32. The van der Waals surface area contributed by atoms with E-state index in [0.717, 1.165) is 4.52 Å². The zero-order valence-corrected chi connectivity index (χ0v) is 6.04. The Morgan fingerprint density at radius 2 is 2.45 bits per heavy atom. The number of aromatic amines is 1. The molecule has 2 rings (SSSR count). The number of H-pyrrole nitrogens is 1. The maximum atomic E-state index is 10.8. The van der Waals surface area contributed by atoms with Crippen molar-refractivity contribution in [3.63, 3.8) is 0 Å². The molecule has 0 aliphatic carbocycles. The predicted molar refractivity (Wildman–Crippen MR) is 38.6 cm³/mol. The highest BCUT2D eigenvalue weighted by Crippen LogP contribution is 2.05. The van der Waals surface area contributed by atoms with Crippen LogP contribution >= 0.6 is 11.6 Å². The second kappa shape index (κ2) is 2.06. The van der Waals surface area contributed by atoms with E-state index in [2.05, 4.69) is 15.3 Å². The zero-order chi connectivity index (χ0) is 7.84. The van der Waals surface area contributed by atoms with Crippen LogP contribution in [0.25, 0.3) is 5.65 Å². The summed E-state index contributed by atoms with van der Waals surface area (Å²) in [5, 5.41) is 10.1. The first-order valence-corrected chi connectivity index (χ1v) is 3.24. The highest BCUT2D eigenvalue weighted by molar-refractivity contribution is 6.30. The summed E-state index contributed by atoms with van der Waals surface area (Å²) in [6, 6.07) is 1.55. The number of hydrogen-bond acceptors (Lipinski definition) is 3. The van der Waals surface area contributed by atoms with Crippen LogP contribution in [-0.4, -0.2) is 19.8 Å². The van der Waals surface area contributed by atoms with Gasteiger partial charge in [-0.3, -0.25) is 0 Å². The van der Waals surface area contributed by atoms with E-state index in [1.54, 1.807) is 6.07 Å². The molecular weight excluding hydrogens is 168 g/mol. The molecule has 0 bridgehead atoms. The van der Waals surface area contributed by atoms with Crippen LogP contribution in [0.2, 0.25) is 5.02 Å². The fraction of sp³-hybridized carbons (Fsp3) is 0. The van der Waals surface area contributed by atoms with E-state index in [4.69, 9.17) is 11.6 Å². The summed E-state index contributed by atoms with van der Waals surface area (Å²) in [6.45, 7) is 0. The molecule has 1 N–H and O–H groups in total. The number of rotatable bonds is 0. The number of nitrogens with zero attached hydrogens (tertiary/aromatic N) is 3. The molecule has 0 saturated heterocycles. The Bertz CT molecular complexity index is 445. The van der Waals surface area contributed by atoms with Crippen LogP contribution in [-0.2, 0) is 0 Å². The molecule has 0 fully saturated rings. The van der Waals surface area contributed by atoms with E-state index < -0.39 is 0 Å². The van der Waals surface area contributed by atoms with Crippen LogP contribution in [0.4, 0.5) is 0 Å². The number of halogens is 1. The van der Waals surface area contributed by atoms with Gasteiger partial charge in [-0.1, -0.05) is 11.6 Å². The van der Waals surface area contributed by atoms with Gasteiger partial charge in [-0.05, 0) is 0 Å². The quantitative estimate of drug-likeness (QED) is 0.609. The summed E-state index contributed by atoms with van der Waals surface area (Å²) in [5.41, 5.74) is 0.0548. The van der Waals surface area contributed by atoms with Gasteiger partial charge >= 0.3 is 5.69 Å². The van der Waals surface area contributed by atoms with Crippen molar-refractivity contribution in [2.45, 2.75) is 0 Å². The minimum atomic E-state index is -0.364. The van der Waals surface area contributed by atoms with E-state index in [1.807, 2.05) is 0 Å². The fourth-order valence-corrected chi connectivity index (χ4v) is 0.924. The summed E-state index contributed by atoms with van der Waals surface area (Å²) in [6.07, 6.45) is 1.38. The molecule has 0 amide bonds. The van der Waals surface area contributed by atoms with Crippen molar-refractivity contribution >= 4 is 17.2 Å². The minimum absolute atomic E-state index is 0.364. The van der Waals surface area contributed by atoms with Gasteiger partial charge in [-0.25, -0.2) is 9.89 Å². The first-order valence-electron chi connectivity index (χ1n) is 2.86. The molecule has 0 unspecified atom stereocenters. The van der Waals surface area contributed by atoms with Gasteiger partial charge in [-0.15, -0.1) is 0 Å². The van der Waals surface area contributed by atoms with Crippen molar-refractivity contribution in [3.05, 3.63) is 27.8 Å². The van der Waals surface area contributed by atoms with Crippen LogP contribution in [0.5, 0.6) is 0 Å². The first kappa shape index (κ1) is 6.36. The highest BCUT2D eigenvalue weighted by atomic mass is 35.5. The van der Waals surface area contributed by atoms with Crippen LogP contribution in [0, 0.1) is 0 Å². The van der Waals surface area contributed by atoms with Gasteiger partial charge in [0.2, 0.25) is 0 Å². The van der Waals surface area contributed by atoms with Crippen molar-refractivity contribution in [1.29, 1.82) is 0 Å². The lowest BCUT2D eigenvalue weighted by Gasteiger charge is -1.87. The lowest BCUT2D eigenvalue weighted by Crippen LogP contribution is -2.11. The largest absolute Gasteiger partial charge is 0.364 e. The van der Waals surface area contributed by atoms with Gasteiger partial charge < -0.3 is 0 Å². The molecule has 11 heavy (non-hydrogen) atoms. The molecule has 5 nitrogen and oxygen atoms in total. The molecule has 56 valence electrons. The van der Waals surface area contributed by atoms with Gasteiger partial charge in [0.25, 0.3) is 0 Å². The second-order valence-corrected chi connectivity index (χ2v) is 2.41. The summed E-state index contributed by atoms with van der Waals surface area (Å²) >= 11 is 5.60. The molecule has 2 aromatic rings. The van der Waals surface area contributed by atoms with Crippen molar-refractivity contribution in [2.75, 3.05) is 0 Å². The smallest absolute Gasteiger partial charge is 0.244 e. The molecule has 0 radical (unpaired) electrons. The number of nitrogens with one attached hydrogen (secondary N) is 1. The van der Waals surface area contributed by atoms with Crippen LogP contribution < -0.4 is 5.69 Å². The normalized spacial score (nSPS) is 10.6. The SMILES string of the molecule is O=c1[nH]nc2cc(Cl)cnn12. The topological polar surface area (TPSA) is 63.0 Å². The Balaban J connectivity index is 2.97. The van der Waals surface area contributed by atoms with E-state index >= 15 is 0 Å². The molecule has 0 aliphatic heterocycles. The third-order valence-corrected chi connectivity index (χ3v) is 1.45. The maximum Gasteiger partial charge on any atom is 0.364 e. The summed E-state index contributed by atoms with van der Waals surface area (Å²) < 4.78 is 1.13. The van der Waals surface area contributed by atoms with E-state index in [1.165, 1.54) is 6.20 Å². The number of hydrogen-bond donors (Lipinski definition) is 1. The van der Waals surface area contributed by atoms with Crippen LogP contribution in [0.15, 0.2) is 17.1 Å². The third kappa shape index (κ3) is 0.894. The fourth-order valence-electron chi connectivity index (χ4n) is 0.782. The summed E-state index contributed by atoms with van der Waals surface area (Å²) in [4.78, 5) is 10.8. The minimum Gasteiger partial charge on any atom is -0.244 e. The number of fused-ring (bicyclic) bond motifs is 1. The molecule has 6 heteroatoms. The third-order valence-electron chi connectivity index (χ3n) is 1.24. The van der Waals surface area contributed by atoms with E-state index in [9.17, 15) is 4.79 Å². The molecule has 0 atom stereocenters. The van der Waals surface area contributed by atoms with Crippen molar-refractivity contribution in [2.24, 2.45) is 0 Å². The van der Waals surface area contributed by atoms with Crippen molar-refractivity contribution < 1.29 is 0 Å². The molecule has 2 heterocycles. The molecule has 0 aromatic carbocycles. The molecule has 0 aliphatic rings. The summed E-state index contributed by atoms with van der Waals surface area (Å²) in [7, 11) is 0. The molecule has 0 spiro atoms. The highest BCUT2D eigenvalue weighted by Gasteiger charge is 1.99. The second-order valence-electron chi connectivity index (χ2n) is 1.97. The van der Waals surface area contributed by atoms with Crippen molar-refractivity contribution in [3.8, 4) is 0 Å². The predicted octanol–water partition coefficient (Wildman–Crippen LogP) is 0.0710. The Kier molecular flexibility index (Phi) is 1.19. The maximum absolute atomic E-state index is 10.8. The van der Waals surface area contributed by atoms with E-state index in [0.29, 0.717) is 10.7 Å². The Morgan fingerprint density at radius 3 is 3.27 bits per heavy atom. The Morgan fingerprint density at radius 1 is 1.64 bits per heavy atom. The lowest BCUT2D eigenvalue weighted by molar-refractivity contribution is 0.879. The number of aromatic nitrogens is 4. The Labute approximate surface area is 65.6 Å². The van der Waals surface area contributed by atoms with E-state index in [-0.39, 0.29) is 5.69 Å². The van der Waals surface area contributed by atoms with Gasteiger partial charge in [0.1, 0.15) is 0 Å². The standard InChI is InChI=1S/C5H3ClN4O/c6-3-1-4-8-9-5(11)10(4)7-2-3/h1-2H,(H,9,11). The molecule has 2 aromatic heterocycles. The van der Waals surface area contributed by atoms with Crippen LogP contribution in [0.3, 0.4) is 0 Å².